The summed E-state index contributed by atoms with van der Waals surface area (Å²) >= 11 is 5.98. The van der Waals surface area contributed by atoms with Crippen LogP contribution in [0.4, 0.5) is 0 Å². The van der Waals surface area contributed by atoms with Crippen molar-refractivity contribution in [3.8, 4) is 5.75 Å². The summed E-state index contributed by atoms with van der Waals surface area (Å²) in [5.41, 5.74) is 1.61. The monoisotopic (exact) mass is 394 g/mol. The van der Waals surface area contributed by atoms with Crippen molar-refractivity contribution in [1.29, 1.82) is 0 Å². The minimum absolute atomic E-state index is 0. The third kappa shape index (κ3) is 5.63. The molecule has 140 valence electrons. The summed E-state index contributed by atoms with van der Waals surface area (Å²) in [7, 11) is 0. The van der Waals surface area contributed by atoms with Crippen molar-refractivity contribution in [2.75, 3.05) is 13.1 Å². The Morgan fingerprint density at radius 1 is 1.27 bits per heavy atom. The fourth-order valence-corrected chi connectivity index (χ4v) is 3.21. The molecule has 3 rings (SSSR count). The minimum atomic E-state index is -0.0491. The first-order valence-corrected chi connectivity index (χ1v) is 8.98. The molecule has 0 radical (unpaired) electrons. The predicted molar refractivity (Wildman–Crippen MR) is 107 cm³/mol. The van der Waals surface area contributed by atoms with E-state index in [2.05, 4.69) is 17.6 Å². The second kappa shape index (κ2) is 9.81. The van der Waals surface area contributed by atoms with Crippen molar-refractivity contribution in [3.63, 3.8) is 0 Å². The van der Waals surface area contributed by atoms with E-state index in [9.17, 15) is 4.79 Å². The van der Waals surface area contributed by atoms with E-state index >= 15 is 0 Å². The lowest BCUT2D eigenvalue weighted by Crippen LogP contribution is -2.48. The van der Waals surface area contributed by atoms with Crippen LogP contribution in [0.25, 0.3) is 0 Å². The Morgan fingerprint density at radius 3 is 2.85 bits per heavy atom. The zero-order valence-electron chi connectivity index (χ0n) is 14.7. The van der Waals surface area contributed by atoms with Crippen molar-refractivity contribution < 1.29 is 9.53 Å². The van der Waals surface area contributed by atoms with Gasteiger partial charge < -0.3 is 15.4 Å². The molecule has 2 unspecified atom stereocenters. The van der Waals surface area contributed by atoms with Gasteiger partial charge in [-0.3, -0.25) is 4.79 Å². The van der Waals surface area contributed by atoms with E-state index in [1.807, 2.05) is 42.5 Å². The Bertz CT molecular complexity index is 739. The maximum Gasteiger partial charge on any atom is 0.251 e. The van der Waals surface area contributed by atoms with Gasteiger partial charge in [0, 0.05) is 16.6 Å². The highest BCUT2D eigenvalue weighted by molar-refractivity contribution is 6.30. The summed E-state index contributed by atoms with van der Waals surface area (Å²) in [5, 5.41) is 7.17. The smallest absolute Gasteiger partial charge is 0.251 e. The SMILES string of the molecule is CC1CNCCC1NC(=O)c1cccc(OCc2cccc(Cl)c2)c1.Cl. The minimum Gasteiger partial charge on any atom is -0.489 e. The molecule has 1 amide bonds. The number of amides is 1. The number of halogens is 2. The van der Waals surface area contributed by atoms with Gasteiger partial charge in [-0.05, 0) is 61.3 Å². The maximum atomic E-state index is 12.5. The van der Waals surface area contributed by atoms with Crippen molar-refractivity contribution in [1.82, 2.24) is 10.6 Å². The summed E-state index contributed by atoms with van der Waals surface area (Å²) in [4.78, 5) is 12.5. The molecule has 2 atom stereocenters. The summed E-state index contributed by atoms with van der Waals surface area (Å²) in [5.74, 6) is 1.05. The third-order valence-corrected chi connectivity index (χ3v) is 4.73. The Labute approximate surface area is 165 Å². The molecule has 4 nitrogen and oxygen atoms in total. The number of ether oxygens (including phenoxy) is 1. The number of nitrogens with one attached hydrogen (secondary N) is 2. The van der Waals surface area contributed by atoms with Gasteiger partial charge in [0.1, 0.15) is 12.4 Å². The Morgan fingerprint density at radius 2 is 2.08 bits per heavy atom. The van der Waals surface area contributed by atoms with Crippen molar-refractivity contribution >= 4 is 29.9 Å². The zero-order chi connectivity index (χ0) is 17.6. The van der Waals surface area contributed by atoms with Crippen LogP contribution >= 0.6 is 24.0 Å². The highest BCUT2D eigenvalue weighted by Gasteiger charge is 2.23. The number of hydrogen-bond donors (Lipinski definition) is 2. The predicted octanol–water partition coefficient (Wildman–Crippen LogP) is 4.07. The van der Waals surface area contributed by atoms with E-state index < -0.39 is 0 Å². The molecule has 1 saturated heterocycles. The standard InChI is InChI=1S/C20H23ClN2O2.ClH/c1-14-12-22-9-8-19(14)23-20(24)16-5-3-7-18(11-16)25-13-15-4-2-6-17(21)10-15;/h2-7,10-11,14,19,22H,8-9,12-13H2,1H3,(H,23,24);1H. The van der Waals surface area contributed by atoms with Gasteiger partial charge in [-0.25, -0.2) is 0 Å². The van der Waals surface area contributed by atoms with E-state index in [0.717, 1.165) is 25.1 Å². The molecule has 0 spiro atoms. The second-order valence-corrected chi connectivity index (χ2v) is 6.93. The van der Waals surface area contributed by atoms with Crippen LogP contribution in [0.5, 0.6) is 5.75 Å². The molecule has 26 heavy (non-hydrogen) atoms. The van der Waals surface area contributed by atoms with Crippen LogP contribution in [0.1, 0.15) is 29.3 Å². The molecule has 1 heterocycles. The molecular formula is C20H24Cl2N2O2. The van der Waals surface area contributed by atoms with Gasteiger partial charge >= 0.3 is 0 Å². The quantitative estimate of drug-likeness (QED) is 0.803. The van der Waals surface area contributed by atoms with Crippen LogP contribution in [-0.4, -0.2) is 25.0 Å². The first kappa shape index (κ1) is 20.6. The molecule has 1 aliphatic rings. The Balaban J connectivity index is 0.00000243. The van der Waals surface area contributed by atoms with Gasteiger partial charge in [0.2, 0.25) is 0 Å². The van der Waals surface area contributed by atoms with E-state index in [1.54, 1.807) is 6.07 Å². The van der Waals surface area contributed by atoms with E-state index in [-0.39, 0.29) is 24.4 Å². The zero-order valence-corrected chi connectivity index (χ0v) is 16.3. The lowest BCUT2D eigenvalue weighted by molar-refractivity contribution is 0.0913. The van der Waals surface area contributed by atoms with Crippen LogP contribution < -0.4 is 15.4 Å². The van der Waals surface area contributed by atoms with Crippen molar-refractivity contribution in [3.05, 3.63) is 64.7 Å². The highest BCUT2D eigenvalue weighted by atomic mass is 35.5. The second-order valence-electron chi connectivity index (χ2n) is 6.50. The average Bonchev–Trinajstić information content (AvgIpc) is 2.62. The Kier molecular flexibility index (Phi) is 7.76. The normalized spacial score (nSPS) is 19.3. The van der Waals surface area contributed by atoms with E-state index in [1.165, 1.54) is 0 Å². The molecule has 1 aliphatic heterocycles. The van der Waals surface area contributed by atoms with Gasteiger partial charge in [0.25, 0.3) is 5.91 Å². The first-order chi connectivity index (χ1) is 12.1. The van der Waals surface area contributed by atoms with Crippen LogP contribution in [0.3, 0.4) is 0 Å². The van der Waals surface area contributed by atoms with Gasteiger partial charge in [-0.1, -0.05) is 36.7 Å². The molecule has 1 fully saturated rings. The van der Waals surface area contributed by atoms with Crippen LogP contribution in [-0.2, 0) is 6.61 Å². The number of carbonyl (C=O) groups excluding carboxylic acids is 1. The number of piperidine rings is 1. The molecule has 0 bridgehead atoms. The summed E-state index contributed by atoms with van der Waals surface area (Å²) in [6.45, 7) is 4.45. The number of benzene rings is 2. The lowest BCUT2D eigenvalue weighted by Gasteiger charge is -2.30. The highest BCUT2D eigenvalue weighted by Crippen LogP contribution is 2.18. The summed E-state index contributed by atoms with van der Waals surface area (Å²) in [6, 6.07) is 15.1. The molecule has 2 N–H and O–H groups in total. The van der Waals surface area contributed by atoms with Crippen LogP contribution in [0.15, 0.2) is 48.5 Å². The summed E-state index contributed by atoms with van der Waals surface area (Å²) < 4.78 is 5.80. The van der Waals surface area contributed by atoms with Crippen LogP contribution in [0, 0.1) is 5.92 Å². The number of rotatable bonds is 5. The van der Waals surface area contributed by atoms with Gasteiger partial charge in [-0.15, -0.1) is 12.4 Å². The van der Waals surface area contributed by atoms with Gasteiger partial charge in [-0.2, -0.15) is 0 Å². The fourth-order valence-electron chi connectivity index (χ4n) is 3.00. The molecule has 0 saturated carbocycles. The third-order valence-electron chi connectivity index (χ3n) is 4.49. The van der Waals surface area contributed by atoms with Crippen LogP contribution in [0.2, 0.25) is 5.02 Å². The molecule has 0 aliphatic carbocycles. The molecule has 2 aromatic rings. The maximum absolute atomic E-state index is 12.5. The fraction of sp³-hybridized carbons (Fsp3) is 0.350. The molecule has 6 heteroatoms. The molecule has 2 aromatic carbocycles. The van der Waals surface area contributed by atoms with Crippen molar-refractivity contribution in [2.45, 2.75) is 26.0 Å². The Hall–Kier alpha value is -1.75. The largest absolute Gasteiger partial charge is 0.489 e. The first-order valence-electron chi connectivity index (χ1n) is 8.61. The summed E-state index contributed by atoms with van der Waals surface area (Å²) in [6.07, 6.45) is 0.956. The number of hydrogen-bond acceptors (Lipinski definition) is 3. The van der Waals surface area contributed by atoms with E-state index in [4.69, 9.17) is 16.3 Å². The van der Waals surface area contributed by atoms with Crippen molar-refractivity contribution in [2.24, 2.45) is 5.92 Å². The van der Waals surface area contributed by atoms with Gasteiger partial charge in [0.15, 0.2) is 0 Å². The van der Waals surface area contributed by atoms with E-state index in [0.29, 0.717) is 28.9 Å². The lowest BCUT2D eigenvalue weighted by atomic mass is 9.95. The topological polar surface area (TPSA) is 50.4 Å². The number of carbonyl (C=O) groups is 1. The molecule has 0 aromatic heterocycles. The average molecular weight is 395 g/mol. The molecular weight excluding hydrogens is 371 g/mol. The van der Waals surface area contributed by atoms with Gasteiger partial charge in [0.05, 0.1) is 0 Å².